The van der Waals surface area contributed by atoms with E-state index in [2.05, 4.69) is 133 Å². The summed E-state index contributed by atoms with van der Waals surface area (Å²) >= 11 is 0. The second-order valence-corrected chi connectivity index (χ2v) is 11.8. The molecule has 0 amide bonds. The summed E-state index contributed by atoms with van der Waals surface area (Å²) in [4.78, 5) is 10.1. The quantitative estimate of drug-likeness (QED) is 0.197. The van der Waals surface area contributed by atoms with Crippen LogP contribution >= 0.6 is 0 Å². The van der Waals surface area contributed by atoms with Gasteiger partial charge in [-0.3, -0.25) is 0 Å². The third-order valence-electron chi connectivity index (χ3n) is 8.88. The smallest absolute Gasteiger partial charge is 0.160 e. The van der Waals surface area contributed by atoms with E-state index in [0.29, 0.717) is 5.82 Å². The molecule has 0 aliphatic heterocycles. The third kappa shape index (κ3) is 4.77. The Labute approximate surface area is 272 Å². The molecule has 0 aliphatic carbocycles. The minimum Gasteiger partial charge on any atom is -0.455 e. The van der Waals surface area contributed by atoms with Crippen LogP contribution in [0.3, 0.4) is 0 Å². The summed E-state index contributed by atoms with van der Waals surface area (Å²) < 4.78 is 6.61. The van der Waals surface area contributed by atoms with Gasteiger partial charge in [0.2, 0.25) is 0 Å². The molecule has 3 heteroatoms. The molecular weight excluding hydrogens is 572 g/mol. The van der Waals surface area contributed by atoms with Gasteiger partial charge in [-0.05, 0) is 51.9 Å². The summed E-state index contributed by atoms with van der Waals surface area (Å²) in [5.74, 6) is 0.706. The molecule has 0 N–H and O–H groups in total. The zero-order valence-corrected chi connectivity index (χ0v) is 25.5. The Kier molecular flexibility index (Phi) is 6.46. The van der Waals surface area contributed by atoms with Crippen LogP contribution < -0.4 is 0 Å². The van der Waals surface area contributed by atoms with E-state index < -0.39 is 0 Å². The first-order chi connectivity index (χ1) is 23.3. The van der Waals surface area contributed by atoms with Gasteiger partial charge in [0.05, 0.1) is 11.4 Å². The van der Waals surface area contributed by atoms with Crippen LogP contribution in [0.2, 0.25) is 0 Å². The summed E-state index contributed by atoms with van der Waals surface area (Å²) in [5, 5.41) is 4.49. The van der Waals surface area contributed by atoms with Crippen LogP contribution in [0.15, 0.2) is 174 Å². The Morgan fingerprint density at radius 1 is 0.362 bits per heavy atom. The normalized spacial score (nSPS) is 11.4. The molecule has 2 aromatic heterocycles. The van der Waals surface area contributed by atoms with Gasteiger partial charge in [0.1, 0.15) is 11.2 Å². The number of furan rings is 1. The van der Waals surface area contributed by atoms with Gasteiger partial charge in [-0.1, -0.05) is 146 Å². The van der Waals surface area contributed by atoms with E-state index in [9.17, 15) is 0 Å². The van der Waals surface area contributed by atoms with Gasteiger partial charge in [0.25, 0.3) is 0 Å². The summed E-state index contributed by atoms with van der Waals surface area (Å²) in [7, 11) is 0. The minimum atomic E-state index is 0.706. The molecule has 9 rings (SSSR count). The number of hydrogen-bond acceptors (Lipinski definition) is 3. The van der Waals surface area contributed by atoms with Gasteiger partial charge in [-0.15, -0.1) is 0 Å². The van der Waals surface area contributed by atoms with Crippen LogP contribution in [0, 0.1) is 0 Å². The highest BCUT2D eigenvalue weighted by Crippen LogP contribution is 2.43. The summed E-state index contributed by atoms with van der Waals surface area (Å²) in [5.41, 5.74) is 11.3. The van der Waals surface area contributed by atoms with Crippen LogP contribution in [0.25, 0.3) is 88.9 Å². The maximum absolute atomic E-state index is 6.61. The molecule has 7 aromatic carbocycles. The zero-order valence-electron chi connectivity index (χ0n) is 25.5. The van der Waals surface area contributed by atoms with E-state index >= 15 is 0 Å². The van der Waals surface area contributed by atoms with Crippen molar-refractivity contribution in [2.45, 2.75) is 0 Å². The van der Waals surface area contributed by atoms with Crippen molar-refractivity contribution in [3.8, 4) is 56.2 Å². The lowest BCUT2D eigenvalue weighted by Gasteiger charge is -2.12. The molecule has 0 fully saturated rings. The zero-order chi connectivity index (χ0) is 31.2. The monoisotopic (exact) mass is 600 g/mol. The van der Waals surface area contributed by atoms with Crippen molar-refractivity contribution in [3.63, 3.8) is 0 Å². The number of nitrogens with zero attached hydrogens (tertiary/aromatic N) is 2. The summed E-state index contributed by atoms with van der Waals surface area (Å²) in [6, 6.07) is 59.0. The van der Waals surface area contributed by atoms with Gasteiger partial charge in [0, 0.05) is 32.8 Å². The molecule has 0 radical (unpaired) electrons. The molecule has 0 atom stereocenters. The molecule has 47 heavy (non-hydrogen) atoms. The number of fused-ring (bicyclic) bond motifs is 5. The van der Waals surface area contributed by atoms with Crippen LogP contribution in [0.4, 0.5) is 0 Å². The van der Waals surface area contributed by atoms with Crippen molar-refractivity contribution in [2.24, 2.45) is 0 Å². The summed E-state index contributed by atoms with van der Waals surface area (Å²) in [6.07, 6.45) is 0. The Balaban J connectivity index is 1.26. The predicted octanol–water partition coefficient (Wildman–Crippen LogP) is 11.9. The summed E-state index contributed by atoms with van der Waals surface area (Å²) in [6.45, 7) is 0. The maximum atomic E-state index is 6.61. The van der Waals surface area contributed by atoms with E-state index in [4.69, 9.17) is 14.4 Å². The highest BCUT2D eigenvalue weighted by molar-refractivity contribution is 6.22. The lowest BCUT2D eigenvalue weighted by atomic mass is 9.92. The van der Waals surface area contributed by atoms with E-state index in [0.717, 1.165) is 71.9 Å². The Morgan fingerprint density at radius 2 is 0.936 bits per heavy atom. The lowest BCUT2D eigenvalue weighted by molar-refractivity contribution is 0.673. The van der Waals surface area contributed by atoms with Crippen molar-refractivity contribution < 1.29 is 4.42 Å². The van der Waals surface area contributed by atoms with Gasteiger partial charge < -0.3 is 4.42 Å². The van der Waals surface area contributed by atoms with Crippen molar-refractivity contribution in [1.82, 2.24) is 9.97 Å². The molecule has 220 valence electrons. The molecule has 0 saturated carbocycles. The number of aromatic nitrogens is 2. The predicted molar refractivity (Wildman–Crippen MR) is 194 cm³/mol. The number of rotatable bonds is 5. The van der Waals surface area contributed by atoms with Gasteiger partial charge in [-0.2, -0.15) is 0 Å². The van der Waals surface area contributed by atoms with Crippen LogP contribution in [-0.2, 0) is 0 Å². The van der Waals surface area contributed by atoms with Crippen molar-refractivity contribution in [2.75, 3.05) is 0 Å². The highest BCUT2D eigenvalue weighted by Gasteiger charge is 2.18. The third-order valence-corrected chi connectivity index (χ3v) is 8.88. The molecule has 9 aromatic rings. The Bertz CT molecular complexity index is 2500. The van der Waals surface area contributed by atoms with Gasteiger partial charge >= 0.3 is 0 Å². The molecule has 0 saturated heterocycles. The fourth-order valence-electron chi connectivity index (χ4n) is 6.66. The minimum absolute atomic E-state index is 0.706. The first-order valence-electron chi connectivity index (χ1n) is 15.8. The van der Waals surface area contributed by atoms with Crippen molar-refractivity contribution in [1.29, 1.82) is 0 Å². The topological polar surface area (TPSA) is 38.9 Å². The second kappa shape index (κ2) is 11.2. The van der Waals surface area contributed by atoms with Crippen LogP contribution in [-0.4, -0.2) is 9.97 Å². The molecule has 0 bridgehead atoms. The fourth-order valence-corrected chi connectivity index (χ4v) is 6.66. The fraction of sp³-hybridized carbons (Fsp3) is 0. The SMILES string of the molecule is c1ccc(-c2cc(-c3cccc(-c4cc5c(oc6cccc(-c7ccccc7)c65)c5ccccc45)c3)nc(-c3ccccc3)n2)cc1. The first kappa shape index (κ1) is 27.0. The second-order valence-electron chi connectivity index (χ2n) is 11.8. The van der Waals surface area contributed by atoms with E-state index in [1.807, 2.05) is 36.4 Å². The van der Waals surface area contributed by atoms with E-state index in [1.165, 1.54) is 11.1 Å². The molecule has 2 heterocycles. The number of hydrogen-bond donors (Lipinski definition) is 0. The largest absolute Gasteiger partial charge is 0.455 e. The van der Waals surface area contributed by atoms with E-state index in [1.54, 1.807) is 0 Å². The molecule has 0 spiro atoms. The average molecular weight is 601 g/mol. The van der Waals surface area contributed by atoms with Crippen LogP contribution in [0.1, 0.15) is 0 Å². The van der Waals surface area contributed by atoms with E-state index in [-0.39, 0.29) is 0 Å². The first-order valence-corrected chi connectivity index (χ1v) is 15.8. The standard InChI is InChI=1S/C44H28N2O/c1-4-14-29(15-5-1)34-24-13-25-41-42(34)38-27-37(35-22-10-11-23-36(35)43(38)47-41)32-20-12-21-33(26-32)40-28-39(30-16-6-2-7-17-30)45-44(46-40)31-18-8-3-9-19-31/h1-28H. The van der Waals surface area contributed by atoms with Gasteiger partial charge in [0.15, 0.2) is 5.82 Å². The van der Waals surface area contributed by atoms with Crippen molar-refractivity contribution in [3.05, 3.63) is 170 Å². The molecule has 3 nitrogen and oxygen atoms in total. The Hall–Kier alpha value is -6.32. The van der Waals surface area contributed by atoms with Crippen molar-refractivity contribution >= 4 is 32.7 Å². The molecule has 0 unspecified atom stereocenters. The van der Waals surface area contributed by atoms with Gasteiger partial charge in [-0.25, -0.2) is 9.97 Å². The Morgan fingerprint density at radius 3 is 1.68 bits per heavy atom. The maximum Gasteiger partial charge on any atom is 0.160 e. The molecular formula is C44H28N2O. The number of benzene rings is 7. The average Bonchev–Trinajstić information content (AvgIpc) is 3.55. The lowest BCUT2D eigenvalue weighted by Crippen LogP contribution is -1.96. The molecule has 0 aliphatic rings. The van der Waals surface area contributed by atoms with Crippen LogP contribution in [0.5, 0.6) is 0 Å². The highest BCUT2D eigenvalue weighted by atomic mass is 16.3.